The molecule has 1 atom stereocenters. The van der Waals surface area contributed by atoms with Gasteiger partial charge in [0.25, 0.3) is 0 Å². The molecule has 0 spiro atoms. The van der Waals surface area contributed by atoms with Gasteiger partial charge in [-0.05, 0) is 50.7 Å². The zero-order chi connectivity index (χ0) is 29.6. The smallest absolute Gasteiger partial charge is 0.333 e. The van der Waals surface area contributed by atoms with E-state index < -0.39 is 29.7 Å². The van der Waals surface area contributed by atoms with Crippen molar-refractivity contribution in [2.45, 2.75) is 45.1 Å². The molecule has 2 heterocycles. The first-order chi connectivity index (χ1) is 18.8. The average molecular weight is 566 g/mol. The Morgan fingerprint density at radius 1 is 1.02 bits per heavy atom. The van der Waals surface area contributed by atoms with Crippen molar-refractivity contribution in [3.05, 3.63) is 81.9 Å². The maximum absolute atomic E-state index is 14.2. The SMILES string of the molecule is Cc1cc(F)c(CC(CC(=O)N2CCn3c(nnc3C(F)(F)F)C2)N(C)C)cc1F.O=Cc1ccccc1C=O. The topological polar surface area (TPSA) is 88.4 Å². The van der Waals surface area contributed by atoms with Crippen molar-refractivity contribution >= 4 is 18.5 Å². The van der Waals surface area contributed by atoms with Gasteiger partial charge in [-0.1, -0.05) is 24.3 Å². The Morgan fingerprint density at radius 3 is 2.20 bits per heavy atom. The van der Waals surface area contributed by atoms with E-state index in [4.69, 9.17) is 0 Å². The van der Waals surface area contributed by atoms with Gasteiger partial charge in [-0.25, -0.2) is 8.78 Å². The fourth-order valence-corrected chi connectivity index (χ4v) is 4.17. The van der Waals surface area contributed by atoms with Crippen LogP contribution in [0, 0.1) is 18.6 Å². The van der Waals surface area contributed by atoms with E-state index in [9.17, 15) is 36.3 Å². The summed E-state index contributed by atoms with van der Waals surface area (Å²) in [5.74, 6) is -2.38. The second-order valence-electron chi connectivity index (χ2n) is 9.49. The predicted molar refractivity (Wildman–Crippen MR) is 135 cm³/mol. The number of aldehydes is 2. The molecule has 0 radical (unpaired) electrons. The number of hydrogen-bond acceptors (Lipinski definition) is 6. The summed E-state index contributed by atoms with van der Waals surface area (Å²) in [6.45, 7) is 1.40. The fourth-order valence-electron chi connectivity index (χ4n) is 4.17. The van der Waals surface area contributed by atoms with E-state index in [0.717, 1.165) is 16.7 Å². The highest BCUT2D eigenvalue weighted by atomic mass is 19.4. The zero-order valence-corrected chi connectivity index (χ0v) is 22.1. The standard InChI is InChI=1S/C19H22F5N5O.C8H6O2/c1-11-6-15(21)12(8-14(11)20)7-13(27(2)3)9-17(30)28-4-5-29-16(10-28)25-26-18(29)19(22,23)24;9-5-7-3-1-2-4-8(7)6-10/h6,8,13H,4-5,7,9-10H2,1-3H3;1-6H. The summed E-state index contributed by atoms with van der Waals surface area (Å²) in [7, 11) is 3.45. The number of benzene rings is 2. The minimum atomic E-state index is -4.61. The minimum Gasteiger partial charge on any atom is -0.333 e. The molecule has 0 N–H and O–H groups in total. The second-order valence-corrected chi connectivity index (χ2v) is 9.49. The van der Waals surface area contributed by atoms with Crippen molar-refractivity contribution in [1.29, 1.82) is 0 Å². The molecule has 8 nitrogen and oxygen atoms in total. The second kappa shape index (κ2) is 12.9. The van der Waals surface area contributed by atoms with E-state index in [1.165, 1.54) is 11.8 Å². The summed E-state index contributed by atoms with van der Waals surface area (Å²) in [6.07, 6.45) is -3.15. The number of halogens is 5. The van der Waals surface area contributed by atoms with Crippen molar-refractivity contribution in [3.63, 3.8) is 0 Å². The van der Waals surface area contributed by atoms with Crippen LogP contribution >= 0.6 is 0 Å². The lowest BCUT2D eigenvalue weighted by Crippen LogP contribution is -2.43. The number of fused-ring (bicyclic) bond motifs is 1. The number of rotatable bonds is 7. The van der Waals surface area contributed by atoms with Crippen LogP contribution < -0.4 is 0 Å². The number of amides is 1. The molecule has 214 valence electrons. The number of hydrogen-bond donors (Lipinski definition) is 0. The minimum absolute atomic E-state index is 0.00218. The number of carbonyl (C=O) groups excluding carboxylic acids is 3. The molecular formula is C27H28F5N5O3. The van der Waals surface area contributed by atoms with Crippen LogP contribution in [0.5, 0.6) is 0 Å². The van der Waals surface area contributed by atoms with Gasteiger partial charge in [-0.15, -0.1) is 10.2 Å². The average Bonchev–Trinajstić information content (AvgIpc) is 3.35. The third-order valence-corrected chi connectivity index (χ3v) is 6.53. The Balaban J connectivity index is 0.000000371. The summed E-state index contributed by atoms with van der Waals surface area (Å²) in [5.41, 5.74) is 1.25. The third kappa shape index (κ3) is 7.34. The molecule has 2 aromatic carbocycles. The van der Waals surface area contributed by atoms with Crippen molar-refractivity contribution in [1.82, 2.24) is 24.6 Å². The maximum atomic E-state index is 14.2. The van der Waals surface area contributed by atoms with Crippen molar-refractivity contribution in [2.24, 2.45) is 0 Å². The van der Waals surface area contributed by atoms with Gasteiger partial charge in [0.1, 0.15) is 11.6 Å². The molecule has 0 saturated carbocycles. The van der Waals surface area contributed by atoms with Crippen molar-refractivity contribution in [3.8, 4) is 0 Å². The fraction of sp³-hybridized carbons (Fsp3) is 0.370. The molecule has 1 aromatic heterocycles. The lowest BCUT2D eigenvalue weighted by atomic mass is 9.99. The van der Waals surface area contributed by atoms with Gasteiger partial charge < -0.3 is 14.4 Å². The third-order valence-electron chi connectivity index (χ3n) is 6.53. The number of nitrogens with zero attached hydrogens (tertiary/aromatic N) is 5. The molecule has 40 heavy (non-hydrogen) atoms. The molecule has 1 aliphatic rings. The summed E-state index contributed by atoms with van der Waals surface area (Å²) in [6, 6.07) is 8.49. The van der Waals surface area contributed by atoms with Gasteiger partial charge in [0.2, 0.25) is 11.7 Å². The Bertz CT molecular complexity index is 1350. The zero-order valence-electron chi connectivity index (χ0n) is 22.1. The van der Waals surface area contributed by atoms with Crippen molar-refractivity contribution < 1.29 is 36.3 Å². The highest BCUT2D eigenvalue weighted by molar-refractivity contribution is 5.90. The van der Waals surface area contributed by atoms with Crippen LogP contribution in [0.2, 0.25) is 0 Å². The predicted octanol–water partition coefficient (Wildman–Crippen LogP) is 4.10. The Labute approximate surface area is 227 Å². The Morgan fingerprint density at radius 2 is 1.65 bits per heavy atom. The summed E-state index contributed by atoms with van der Waals surface area (Å²) >= 11 is 0. The van der Waals surface area contributed by atoms with Crippen LogP contribution in [-0.2, 0) is 30.5 Å². The molecule has 1 aliphatic heterocycles. The van der Waals surface area contributed by atoms with Gasteiger partial charge in [0.15, 0.2) is 18.4 Å². The van der Waals surface area contributed by atoms with E-state index >= 15 is 0 Å². The van der Waals surface area contributed by atoms with Crippen LogP contribution in [0.3, 0.4) is 0 Å². The van der Waals surface area contributed by atoms with Crippen LogP contribution in [0.25, 0.3) is 0 Å². The van der Waals surface area contributed by atoms with Crippen LogP contribution in [0.1, 0.15) is 49.9 Å². The molecule has 1 amide bonds. The van der Waals surface area contributed by atoms with Crippen LogP contribution in [0.15, 0.2) is 36.4 Å². The van der Waals surface area contributed by atoms with Crippen LogP contribution in [0.4, 0.5) is 22.0 Å². The molecule has 1 unspecified atom stereocenters. The van der Waals surface area contributed by atoms with E-state index in [-0.39, 0.29) is 55.3 Å². The van der Waals surface area contributed by atoms with Gasteiger partial charge in [-0.2, -0.15) is 13.2 Å². The van der Waals surface area contributed by atoms with E-state index in [2.05, 4.69) is 10.2 Å². The quantitative estimate of drug-likeness (QED) is 0.317. The van der Waals surface area contributed by atoms with Gasteiger partial charge in [0, 0.05) is 36.7 Å². The van der Waals surface area contributed by atoms with Crippen molar-refractivity contribution in [2.75, 3.05) is 20.6 Å². The van der Waals surface area contributed by atoms with E-state index in [1.807, 2.05) is 0 Å². The normalized spacial score (nSPS) is 13.8. The summed E-state index contributed by atoms with van der Waals surface area (Å²) in [4.78, 5) is 36.4. The first-order valence-corrected chi connectivity index (χ1v) is 12.2. The number of aromatic nitrogens is 3. The van der Waals surface area contributed by atoms with E-state index in [1.54, 1.807) is 43.3 Å². The molecule has 0 bridgehead atoms. The largest absolute Gasteiger partial charge is 0.451 e. The molecule has 0 saturated heterocycles. The molecular weight excluding hydrogens is 537 g/mol. The summed E-state index contributed by atoms with van der Waals surface area (Å²) < 4.78 is 67.9. The first-order valence-electron chi connectivity index (χ1n) is 12.2. The van der Waals surface area contributed by atoms with Gasteiger partial charge in [0.05, 0.1) is 6.54 Å². The van der Waals surface area contributed by atoms with E-state index in [0.29, 0.717) is 23.7 Å². The van der Waals surface area contributed by atoms with Crippen LogP contribution in [-0.4, -0.2) is 69.7 Å². The number of alkyl halides is 3. The molecule has 0 fully saturated rings. The lowest BCUT2D eigenvalue weighted by molar-refractivity contribution is -0.148. The monoisotopic (exact) mass is 565 g/mol. The molecule has 13 heteroatoms. The number of carbonyl (C=O) groups is 3. The first kappa shape index (κ1) is 30.5. The maximum Gasteiger partial charge on any atom is 0.451 e. The highest BCUT2D eigenvalue weighted by Gasteiger charge is 2.40. The van der Waals surface area contributed by atoms with Gasteiger partial charge in [-0.3, -0.25) is 14.4 Å². The number of aryl methyl sites for hydroxylation is 1. The lowest BCUT2D eigenvalue weighted by Gasteiger charge is -2.31. The Hall–Kier alpha value is -4.00. The Kier molecular flexibility index (Phi) is 9.85. The molecule has 4 rings (SSSR count). The molecule has 0 aliphatic carbocycles. The number of likely N-dealkylation sites (N-methyl/N-ethyl adjacent to an activating group) is 1. The summed E-state index contributed by atoms with van der Waals surface area (Å²) in [5, 5.41) is 6.76. The van der Waals surface area contributed by atoms with Gasteiger partial charge >= 0.3 is 6.18 Å². The highest BCUT2D eigenvalue weighted by Crippen LogP contribution is 2.29. The molecule has 3 aromatic rings.